The Balaban J connectivity index is 1.72. The monoisotopic (exact) mass is 351 g/mol. The van der Waals surface area contributed by atoms with Crippen molar-refractivity contribution in [3.8, 4) is 0 Å². The molecule has 1 fully saturated rings. The van der Waals surface area contributed by atoms with Gasteiger partial charge in [0, 0.05) is 32.4 Å². The highest BCUT2D eigenvalue weighted by Gasteiger charge is 2.20. The zero-order valence-electron chi connectivity index (χ0n) is 11.0. The maximum atomic E-state index is 6.26. The van der Waals surface area contributed by atoms with Crippen LogP contribution in [0.2, 0.25) is 5.02 Å². The van der Waals surface area contributed by atoms with Crippen LogP contribution in [-0.2, 0) is 0 Å². The summed E-state index contributed by atoms with van der Waals surface area (Å²) in [6.45, 7) is 3.79. The summed E-state index contributed by atoms with van der Waals surface area (Å²) in [5.74, 6) is 1.02. The molecule has 104 valence electrons. The molecule has 0 aliphatic carbocycles. The van der Waals surface area contributed by atoms with Crippen LogP contribution >= 0.6 is 27.5 Å². The van der Waals surface area contributed by atoms with E-state index in [-0.39, 0.29) is 0 Å². The van der Waals surface area contributed by atoms with Crippen LogP contribution in [0, 0.1) is 0 Å². The molecule has 20 heavy (non-hydrogen) atoms. The number of aromatic nitrogens is 1. The first-order valence-corrected chi connectivity index (χ1v) is 7.78. The fourth-order valence-corrected chi connectivity index (χ4v) is 3.24. The number of pyridine rings is 1. The van der Waals surface area contributed by atoms with Gasteiger partial charge in [-0.25, -0.2) is 4.98 Å². The minimum absolute atomic E-state index is 0.819. The van der Waals surface area contributed by atoms with Crippen LogP contribution < -0.4 is 9.80 Å². The molecule has 0 spiro atoms. The molecule has 1 saturated heterocycles. The zero-order chi connectivity index (χ0) is 13.9. The van der Waals surface area contributed by atoms with Gasteiger partial charge in [0.2, 0.25) is 0 Å². The van der Waals surface area contributed by atoms with E-state index in [1.54, 1.807) is 0 Å². The standard InChI is InChI=1S/C15H15BrClN3/c16-12-4-3-7-18-15(12)20-10-8-19(9-11-20)14-6-2-1-5-13(14)17/h1-7H,8-11H2. The maximum absolute atomic E-state index is 6.26. The first kappa shape index (κ1) is 13.7. The van der Waals surface area contributed by atoms with Gasteiger partial charge in [-0.05, 0) is 40.2 Å². The van der Waals surface area contributed by atoms with Crippen molar-refractivity contribution in [1.29, 1.82) is 0 Å². The van der Waals surface area contributed by atoms with E-state index < -0.39 is 0 Å². The smallest absolute Gasteiger partial charge is 0.142 e. The van der Waals surface area contributed by atoms with Crippen LogP contribution in [-0.4, -0.2) is 31.2 Å². The first-order chi connectivity index (χ1) is 9.75. The van der Waals surface area contributed by atoms with Crippen molar-refractivity contribution in [1.82, 2.24) is 4.98 Å². The fourth-order valence-electron chi connectivity index (χ4n) is 2.48. The third kappa shape index (κ3) is 2.76. The van der Waals surface area contributed by atoms with Gasteiger partial charge in [0.25, 0.3) is 0 Å². The normalized spacial score (nSPS) is 15.5. The largest absolute Gasteiger partial charge is 0.367 e. The lowest BCUT2D eigenvalue weighted by molar-refractivity contribution is 0.646. The highest BCUT2D eigenvalue weighted by atomic mass is 79.9. The highest BCUT2D eigenvalue weighted by molar-refractivity contribution is 9.10. The van der Waals surface area contributed by atoms with E-state index in [4.69, 9.17) is 11.6 Å². The third-order valence-corrected chi connectivity index (χ3v) is 4.45. The molecule has 5 heteroatoms. The molecule has 3 rings (SSSR count). The molecular weight excluding hydrogens is 338 g/mol. The Bertz CT molecular complexity index is 544. The van der Waals surface area contributed by atoms with Gasteiger partial charge in [-0.15, -0.1) is 0 Å². The van der Waals surface area contributed by atoms with Gasteiger partial charge in [-0.1, -0.05) is 23.7 Å². The maximum Gasteiger partial charge on any atom is 0.142 e. The molecular formula is C15H15BrClN3. The predicted octanol–water partition coefficient (Wildman–Crippen LogP) is 3.82. The Labute approximate surface area is 132 Å². The van der Waals surface area contributed by atoms with E-state index in [9.17, 15) is 0 Å². The van der Waals surface area contributed by atoms with Gasteiger partial charge in [-0.2, -0.15) is 0 Å². The summed E-state index contributed by atoms with van der Waals surface area (Å²) < 4.78 is 1.05. The Kier molecular flexibility index (Phi) is 4.13. The SMILES string of the molecule is Clc1ccccc1N1CCN(c2ncccc2Br)CC1. The summed E-state index contributed by atoms with van der Waals surface area (Å²) in [7, 11) is 0. The fraction of sp³-hybridized carbons (Fsp3) is 0.267. The molecule has 0 N–H and O–H groups in total. The predicted molar refractivity (Wildman–Crippen MR) is 87.8 cm³/mol. The Hall–Kier alpha value is -1.26. The molecule has 2 heterocycles. The summed E-state index contributed by atoms with van der Waals surface area (Å²) in [6.07, 6.45) is 1.83. The highest BCUT2D eigenvalue weighted by Crippen LogP contribution is 2.28. The van der Waals surface area contributed by atoms with Gasteiger partial charge in [0.05, 0.1) is 15.2 Å². The van der Waals surface area contributed by atoms with Gasteiger partial charge in [-0.3, -0.25) is 0 Å². The van der Waals surface area contributed by atoms with Crippen molar-refractivity contribution >= 4 is 39.0 Å². The number of piperazine rings is 1. The second kappa shape index (κ2) is 6.02. The summed E-state index contributed by atoms with van der Waals surface area (Å²) >= 11 is 9.83. The molecule has 1 aliphatic rings. The molecule has 0 unspecified atom stereocenters. The van der Waals surface area contributed by atoms with E-state index in [1.165, 1.54) is 0 Å². The number of halogens is 2. The molecule has 2 aromatic rings. The number of hydrogen-bond acceptors (Lipinski definition) is 3. The molecule has 1 aromatic carbocycles. The molecule has 0 radical (unpaired) electrons. The molecule has 0 atom stereocenters. The van der Waals surface area contributed by atoms with Crippen LogP contribution in [0.25, 0.3) is 0 Å². The van der Waals surface area contributed by atoms with Crippen molar-refractivity contribution in [2.75, 3.05) is 36.0 Å². The van der Waals surface area contributed by atoms with Gasteiger partial charge < -0.3 is 9.80 Å². The van der Waals surface area contributed by atoms with Gasteiger partial charge in [0.15, 0.2) is 0 Å². The van der Waals surface area contributed by atoms with E-state index in [0.717, 1.165) is 47.2 Å². The lowest BCUT2D eigenvalue weighted by Crippen LogP contribution is -2.47. The van der Waals surface area contributed by atoms with Crippen LogP contribution in [0.3, 0.4) is 0 Å². The molecule has 0 saturated carbocycles. The van der Waals surface area contributed by atoms with Crippen molar-refractivity contribution in [2.45, 2.75) is 0 Å². The van der Waals surface area contributed by atoms with Gasteiger partial charge >= 0.3 is 0 Å². The Morgan fingerprint density at radius 1 is 0.950 bits per heavy atom. The number of benzene rings is 1. The lowest BCUT2D eigenvalue weighted by Gasteiger charge is -2.37. The third-order valence-electron chi connectivity index (χ3n) is 3.51. The summed E-state index contributed by atoms with van der Waals surface area (Å²) in [4.78, 5) is 9.08. The van der Waals surface area contributed by atoms with E-state index in [1.807, 2.05) is 36.5 Å². The molecule has 3 nitrogen and oxygen atoms in total. The first-order valence-electron chi connectivity index (χ1n) is 6.60. The summed E-state index contributed by atoms with van der Waals surface area (Å²) in [6, 6.07) is 12.0. The lowest BCUT2D eigenvalue weighted by atomic mass is 10.2. The van der Waals surface area contributed by atoms with E-state index in [0.29, 0.717) is 0 Å². The van der Waals surface area contributed by atoms with Crippen LogP contribution in [0.5, 0.6) is 0 Å². The van der Waals surface area contributed by atoms with Crippen LogP contribution in [0.15, 0.2) is 47.1 Å². The Morgan fingerprint density at radius 3 is 2.35 bits per heavy atom. The number of nitrogens with zero attached hydrogens (tertiary/aromatic N) is 3. The summed E-state index contributed by atoms with van der Waals surface area (Å²) in [5.41, 5.74) is 1.12. The van der Waals surface area contributed by atoms with Crippen molar-refractivity contribution < 1.29 is 0 Å². The van der Waals surface area contributed by atoms with Crippen molar-refractivity contribution in [2.24, 2.45) is 0 Å². The molecule has 1 aliphatic heterocycles. The summed E-state index contributed by atoms with van der Waals surface area (Å²) in [5, 5.41) is 0.819. The van der Waals surface area contributed by atoms with Crippen LogP contribution in [0.1, 0.15) is 0 Å². The second-order valence-electron chi connectivity index (χ2n) is 4.73. The minimum atomic E-state index is 0.819. The minimum Gasteiger partial charge on any atom is -0.367 e. The van der Waals surface area contributed by atoms with Crippen molar-refractivity contribution in [3.63, 3.8) is 0 Å². The molecule has 1 aromatic heterocycles. The number of rotatable bonds is 2. The zero-order valence-corrected chi connectivity index (χ0v) is 13.3. The quantitative estimate of drug-likeness (QED) is 0.819. The van der Waals surface area contributed by atoms with Gasteiger partial charge in [0.1, 0.15) is 5.82 Å². The van der Waals surface area contributed by atoms with Crippen LogP contribution in [0.4, 0.5) is 11.5 Å². The second-order valence-corrected chi connectivity index (χ2v) is 6.00. The number of anilines is 2. The number of para-hydroxylation sites is 1. The molecule has 0 amide bonds. The average Bonchev–Trinajstić information content (AvgIpc) is 2.49. The Morgan fingerprint density at radius 2 is 1.65 bits per heavy atom. The topological polar surface area (TPSA) is 19.4 Å². The van der Waals surface area contributed by atoms with E-state index in [2.05, 4.69) is 36.8 Å². The van der Waals surface area contributed by atoms with E-state index >= 15 is 0 Å². The average molecular weight is 353 g/mol. The van der Waals surface area contributed by atoms with Crippen molar-refractivity contribution in [3.05, 3.63) is 52.1 Å². The molecule has 0 bridgehead atoms. The number of hydrogen-bond donors (Lipinski definition) is 0.